The van der Waals surface area contributed by atoms with Crippen LogP contribution in [0, 0.1) is 6.92 Å². The van der Waals surface area contributed by atoms with E-state index in [1.807, 2.05) is 61.5 Å². The van der Waals surface area contributed by atoms with Gasteiger partial charge in [0.05, 0.1) is 15.6 Å². The molecule has 0 fully saturated rings. The first kappa shape index (κ1) is 19.9. The smallest absolute Gasteiger partial charge is 0.274 e. The number of para-hydroxylation sites is 2. The Morgan fingerprint density at radius 3 is 2.69 bits per heavy atom. The topological polar surface area (TPSA) is 85.6 Å². The van der Waals surface area contributed by atoms with Crippen LogP contribution in [0.2, 0.25) is 0 Å². The van der Waals surface area contributed by atoms with Crippen LogP contribution < -0.4 is 20.1 Å². The Morgan fingerprint density at radius 2 is 1.88 bits per heavy atom. The van der Waals surface area contributed by atoms with Gasteiger partial charge < -0.3 is 10.1 Å². The van der Waals surface area contributed by atoms with Gasteiger partial charge in [-0.2, -0.15) is 0 Å². The second-order valence-corrected chi connectivity index (χ2v) is 8.21. The molecular weight excluding hydrogens is 424 g/mol. The van der Waals surface area contributed by atoms with Gasteiger partial charge in [0.1, 0.15) is 11.6 Å². The highest BCUT2D eigenvalue weighted by atomic mass is 32.1. The summed E-state index contributed by atoms with van der Waals surface area (Å²) in [6.45, 7) is 1.73. The highest BCUT2D eigenvalue weighted by Gasteiger charge is 2.10. The van der Waals surface area contributed by atoms with Crippen LogP contribution in [0.3, 0.4) is 0 Å². The number of rotatable bonds is 5. The number of anilines is 1. The van der Waals surface area contributed by atoms with Gasteiger partial charge in [0.15, 0.2) is 11.6 Å². The minimum absolute atomic E-state index is 0.0829. The van der Waals surface area contributed by atoms with Gasteiger partial charge in [-0.1, -0.05) is 41.7 Å². The first-order valence-electron chi connectivity index (χ1n) is 9.95. The second-order valence-electron chi connectivity index (χ2n) is 7.20. The van der Waals surface area contributed by atoms with E-state index in [0.29, 0.717) is 21.1 Å². The Morgan fingerprint density at radius 1 is 1.06 bits per heavy atom. The molecule has 8 heteroatoms. The van der Waals surface area contributed by atoms with Gasteiger partial charge in [0.25, 0.3) is 11.5 Å². The molecule has 0 aliphatic rings. The molecule has 0 spiro atoms. The van der Waals surface area contributed by atoms with Crippen molar-refractivity contribution in [2.75, 3.05) is 11.9 Å². The standard InChI is InChI=1S/C24H18N4O3S/c1-15-5-4-8-21(25-15)27-22(29)14-31-17-11-9-16(10-12-17)13-20-23(30)28-19-7-3-2-6-18(19)26-24(28)32-20/h2-13H,14H2,1H3,(H,25,27,29)/b20-13+. The van der Waals surface area contributed by atoms with Crippen molar-refractivity contribution >= 4 is 45.1 Å². The minimum atomic E-state index is -0.288. The molecule has 3 heterocycles. The minimum Gasteiger partial charge on any atom is -0.484 e. The largest absolute Gasteiger partial charge is 0.484 e. The number of hydrogen-bond donors (Lipinski definition) is 1. The highest BCUT2D eigenvalue weighted by Crippen LogP contribution is 2.16. The predicted octanol–water partition coefficient (Wildman–Crippen LogP) is 3.18. The number of amides is 1. The van der Waals surface area contributed by atoms with Crippen LogP contribution in [0.4, 0.5) is 5.82 Å². The summed E-state index contributed by atoms with van der Waals surface area (Å²) in [5.74, 6) is 0.764. The maximum atomic E-state index is 12.9. The lowest BCUT2D eigenvalue weighted by molar-refractivity contribution is -0.118. The molecule has 0 aliphatic carbocycles. The van der Waals surface area contributed by atoms with E-state index in [1.165, 1.54) is 11.3 Å². The van der Waals surface area contributed by atoms with E-state index < -0.39 is 0 Å². The molecule has 0 atom stereocenters. The number of thiazole rings is 1. The van der Waals surface area contributed by atoms with E-state index in [4.69, 9.17) is 4.74 Å². The van der Waals surface area contributed by atoms with Gasteiger partial charge in [-0.3, -0.25) is 9.59 Å². The third-order valence-electron chi connectivity index (χ3n) is 4.85. The Balaban J connectivity index is 1.29. The molecule has 0 saturated carbocycles. The summed E-state index contributed by atoms with van der Waals surface area (Å²) >= 11 is 1.36. The SMILES string of the molecule is Cc1cccc(NC(=O)COc2ccc(/C=c3/sc4nc5ccccc5n4c3=O)cc2)n1. The monoisotopic (exact) mass is 442 g/mol. The summed E-state index contributed by atoms with van der Waals surface area (Å²) in [6, 6.07) is 20.2. The molecule has 0 radical (unpaired) electrons. The van der Waals surface area contributed by atoms with Crippen molar-refractivity contribution in [1.29, 1.82) is 0 Å². The molecule has 1 amide bonds. The quantitative estimate of drug-likeness (QED) is 0.452. The van der Waals surface area contributed by atoms with Crippen LogP contribution >= 0.6 is 11.3 Å². The van der Waals surface area contributed by atoms with Gasteiger partial charge in [0.2, 0.25) is 0 Å². The average molecular weight is 443 g/mol. The number of nitrogens with one attached hydrogen (secondary N) is 1. The van der Waals surface area contributed by atoms with Gasteiger partial charge >= 0.3 is 0 Å². The number of aromatic nitrogens is 3. The number of pyridine rings is 1. The second kappa shape index (κ2) is 8.24. The fourth-order valence-electron chi connectivity index (χ4n) is 3.36. The molecule has 0 aliphatic heterocycles. The third kappa shape index (κ3) is 3.95. The molecule has 5 aromatic rings. The van der Waals surface area contributed by atoms with Crippen molar-refractivity contribution in [2.24, 2.45) is 0 Å². The van der Waals surface area contributed by atoms with Crippen molar-refractivity contribution in [3.05, 3.63) is 92.9 Å². The normalized spacial score (nSPS) is 11.8. The number of fused-ring (bicyclic) bond motifs is 3. The highest BCUT2D eigenvalue weighted by molar-refractivity contribution is 7.15. The molecule has 158 valence electrons. The summed E-state index contributed by atoms with van der Waals surface area (Å²) in [4.78, 5) is 34.4. The van der Waals surface area contributed by atoms with Crippen LogP contribution in [0.5, 0.6) is 5.75 Å². The van der Waals surface area contributed by atoms with Crippen LogP contribution in [0.25, 0.3) is 22.1 Å². The van der Waals surface area contributed by atoms with E-state index in [1.54, 1.807) is 22.6 Å². The summed E-state index contributed by atoms with van der Waals surface area (Å²) < 4.78 is 7.81. The van der Waals surface area contributed by atoms with Crippen LogP contribution in [-0.2, 0) is 4.79 Å². The summed E-state index contributed by atoms with van der Waals surface area (Å²) in [6.07, 6.45) is 1.83. The number of carbonyl (C=O) groups excluding carboxylic acids is 1. The number of carbonyl (C=O) groups is 1. The lowest BCUT2D eigenvalue weighted by Crippen LogP contribution is -2.22. The zero-order valence-electron chi connectivity index (χ0n) is 17.1. The Bertz CT molecular complexity index is 1550. The number of hydrogen-bond acceptors (Lipinski definition) is 6. The number of imidazole rings is 1. The molecule has 7 nitrogen and oxygen atoms in total. The molecule has 32 heavy (non-hydrogen) atoms. The van der Waals surface area contributed by atoms with E-state index in [9.17, 15) is 9.59 Å². The number of nitrogens with zero attached hydrogens (tertiary/aromatic N) is 3. The fraction of sp³-hybridized carbons (Fsp3) is 0.0833. The Kier molecular flexibility index (Phi) is 5.12. The summed E-state index contributed by atoms with van der Waals surface area (Å²) in [5, 5.41) is 2.70. The molecule has 0 unspecified atom stereocenters. The zero-order chi connectivity index (χ0) is 22.1. The molecule has 0 saturated heterocycles. The average Bonchev–Trinajstić information content (AvgIpc) is 3.29. The zero-order valence-corrected chi connectivity index (χ0v) is 17.9. The molecule has 1 N–H and O–H groups in total. The van der Waals surface area contributed by atoms with Crippen molar-refractivity contribution in [1.82, 2.24) is 14.4 Å². The van der Waals surface area contributed by atoms with Crippen LogP contribution in [0.15, 0.2) is 71.5 Å². The molecule has 5 rings (SSSR count). The van der Waals surface area contributed by atoms with Gasteiger partial charge in [0, 0.05) is 5.69 Å². The van der Waals surface area contributed by atoms with Gasteiger partial charge in [-0.25, -0.2) is 14.4 Å². The number of aryl methyl sites for hydroxylation is 1. The summed E-state index contributed by atoms with van der Waals surface area (Å²) in [7, 11) is 0. The first-order valence-corrected chi connectivity index (χ1v) is 10.8. The van der Waals surface area contributed by atoms with E-state index in [-0.39, 0.29) is 18.1 Å². The van der Waals surface area contributed by atoms with E-state index in [0.717, 1.165) is 22.3 Å². The van der Waals surface area contributed by atoms with E-state index in [2.05, 4.69) is 15.3 Å². The lowest BCUT2D eigenvalue weighted by atomic mass is 10.2. The van der Waals surface area contributed by atoms with Crippen LogP contribution in [0.1, 0.15) is 11.3 Å². The molecule has 0 bridgehead atoms. The predicted molar refractivity (Wildman–Crippen MR) is 125 cm³/mol. The Hall–Kier alpha value is -4.04. The molecule has 2 aromatic carbocycles. The Labute approximate surface area is 186 Å². The number of benzene rings is 2. The van der Waals surface area contributed by atoms with Crippen molar-refractivity contribution in [2.45, 2.75) is 6.92 Å². The fourth-order valence-corrected chi connectivity index (χ4v) is 4.35. The first-order chi connectivity index (χ1) is 15.6. The van der Waals surface area contributed by atoms with Crippen molar-refractivity contribution < 1.29 is 9.53 Å². The lowest BCUT2D eigenvalue weighted by Gasteiger charge is -2.07. The third-order valence-corrected chi connectivity index (χ3v) is 5.82. The van der Waals surface area contributed by atoms with Crippen LogP contribution in [-0.4, -0.2) is 26.9 Å². The van der Waals surface area contributed by atoms with Gasteiger partial charge in [-0.15, -0.1) is 0 Å². The number of ether oxygens (including phenoxy) is 1. The van der Waals surface area contributed by atoms with Crippen molar-refractivity contribution in [3.63, 3.8) is 0 Å². The van der Waals surface area contributed by atoms with Gasteiger partial charge in [-0.05, 0) is 55.0 Å². The molecular formula is C24H18N4O3S. The van der Waals surface area contributed by atoms with Crippen molar-refractivity contribution in [3.8, 4) is 5.75 Å². The van der Waals surface area contributed by atoms with E-state index >= 15 is 0 Å². The maximum Gasteiger partial charge on any atom is 0.274 e. The maximum absolute atomic E-state index is 12.9. The summed E-state index contributed by atoms with van der Waals surface area (Å²) in [5.41, 5.74) is 3.22. The molecule has 3 aromatic heterocycles.